The van der Waals surface area contributed by atoms with Crippen LogP contribution in [-0.2, 0) is 6.42 Å². The highest BCUT2D eigenvalue weighted by Gasteiger charge is 2.14. The molecule has 3 heteroatoms. The Kier molecular flexibility index (Phi) is 12.7. The van der Waals surface area contributed by atoms with E-state index in [2.05, 4.69) is 6.92 Å². The average Bonchev–Trinajstić information content (AvgIpc) is 2.61. The molecule has 0 heterocycles. The number of rotatable bonds is 16. The van der Waals surface area contributed by atoms with Crippen LogP contribution in [0, 0.1) is 0 Å². The summed E-state index contributed by atoms with van der Waals surface area (Å²) >= 11 is 0. The number of aromatic carboxylic acids is 1. The van der Waals surface area contributed by atoms with E-state index >= 15 is 0 Å². The van der Waals surface area contributed by atoms with Crippen LogP contribution < -0.4 is 0 Å². The number of carbonyl (C=O) groups is 1. The van der Waals surface area contributed by atoms with Crippen molar-refractivity contribution in [2.75, 3.05) is 0 Å². The van der Waals surface area contributed by atoms with Crippen molar-refractivity contribution >= 4 is 5.97 Å². The van der Waals surface area contributed by atoms with E-state index in [4.69, 9.17) is 0 Å². The fourth-order valence-electron chi connectivity index (χ4n) is 3.55. The number of unbranched alkanes of at least 4 members (excludes halogenated alkanes) is 13. The highest BCUT2D eigenvalue weighted by molar-refractivity contribution is 5.92. The van der Waals surface area contributed by atoms with Crippen molar-refractivity contribution < 1.29 is 15.0 Å². The van der Waals surface area contributed by atoms with Crippen molar-refractivity contribution in [3.8, 4) is 5.75 Å². The molecule has 0 aliphatic carbocycles. The van der Waals surface area contributed by atoms with Crippen LogP contribution >= 0.6 is 0 Å². The lowest BCUT2D eigenvalue weighted by molar-refractivity contribution is 0.0692. The zero-order chi connectivity index (χ0) is 19.0. The normalized spacial score (nSPS) is 11.0. The van der Waals surface area contributed by atoms with Crippen molar-refractivity contribution in [3.05, 3.63) is 29.3 Å². The van der Waals surface area contributed by atoms with Gasteiger partial charge in [-0.25, -0.2) is 4.79 Å². The molecule has 0 radical (unpaired) electrons. The number of hydrogen-bond donors (Lipinski definition) is 2. The van der Waals surface area contributed by atoms with Crippen molar-refractivity contribution in [2.24, 2.45) is 0 Å². The molecule has 1 rings (SSSR count). The van der Waals surface area contributed by atoms with E-state index in [1.807, 2.05) is 6.07 Å². The second kappa shape index (κ2) is 14.6. The van der Waals surface area contributed by atoms with Crippen molar-refractivity contribution in [1.82, 2.24) is 0 Å². The lowest BCUT2D eigenvalue weighted by Crippen LogP contribution is -2.03. The minimum atomic E-state index is -1.04. The maximum absolute atomic E-state index is 11.2. The van der Waals surface area contributed by atoms with Gasteiger partial charge in [-0.2, -0.15) is 0 Å². The molecule has 0 atom stereocenters. The molecule has 1 aromatic carbocycles. The summed E-state index contributed by atoms with van der Waals surface area (Å²) in [5.74, 6) is -1.16. The third-order valence-electron chi connectivity index (χ3n) is 5.14. The topological polar surface area (TPSA) is 57.5 Å². The van der Waals surface area contributed by atoms with Crippen LogP contribution in [0.5, 0.6) is 5.75 Å². The van der Waals surface area contributed by atoms with Gasteiger partial charge in [0.2, 0.25) is 0 Å². The summed E-state index contributed by atoms with van der Waals surface area (Å²) < 4.78 is 0. The molecule has 0 spiro atoms. The summed E-state index contributed by atoms with van der Waals surface area (Å²) in [4.78, 5) is 11.2. The Labute approximate surface area is 159 Å². The zero-order valence-corrected chi connectivity index (χ0v) is 16.6. The Hall–Kier alpha value is -1.51. The van der Waals surface area contributed by atoms with E-state index in [9.17, 15) is 15.0 Å². The molecule has 0 aliphatic rings. The number of carboxylic acid groups (broad SMARTS) is 1. The minimum Gasteiger partial charge on any atom is -0.507 e. The van der Waals surface area contributed by atoms with E-state index in [0.717, 1.165) is 24.8 Å². The minimum absolute atomic E-state index is 0.0715. The van der Waals surface area contributed by atoms with Gasteiger partial charge in [0.1, 0.15) is 11.3 Å². The van der Waals surface area contributed by atoms with Crippen LogP contribution in [0.25, 0.3) is 0 Å². The van der Waals surface area contributed by atoms with Gasteiger partial charge >= 0.3 is 5.97 Å². The highest BCUT2D eigenvalue weighted by Crippen LogP contribution is 2.23. The molecule has 0 unspecified atom stereocenters. The van der Waals surface area contributed by atoms with Crippen molar-refractivity contribution in [2.45, 2.75) is 103 Å². The molecule has 0 bridgehead atoms. The van der Waals surface area contributed by atoms with Gasteiger partial charge < -0.3 is 10.2 Å². The predicted octanol–water partition coefficient (Wildman–Crippen LogP) is 7.11. The van der Waals surface area contributed by atoms with E-state index in [1.165, 1.54) is 83.1 Å². The Morgan fingerprint density at radius 2 is 1.23 bits per heavy atom. The zero-order valence-electron chi connectivity index (χ0n) is 16.6. The number of aryl methyl sites for hydroxylation is 1. The Balaban J connectivity index is 1.97. The first-order chi connectivity index (χ1) is 12.7. The summed E-state index contributed by atoms with van der Waals surface area (Å²) in [5, 5.41) is 18.9. The molecule has 0 saturated carbocycles. The standard InChI is InChI=1S/C23H38O3/c1-2-3-4-5-6-7-8-9-10-11-12-13-14-15-17-20-18-16-19-21(24)22(20)23(25)26/h16,18-19,24H,2-15,17H2,1H3,(H,25,26). The molecule has 0 aromatic heterocycles. The first-order valence-electron chi connectivity index (χ1n) is 10.7. The van der Waals surface area contributed by atoms with Gasteiger partial charge in [0, 0.05) is 0 Å². The van der Waals surface area contributed by atoms with E-state index in [0.29, 0.717) is 0 Å². The molecule has 0 aliphatic heterocycles. The molecular formula is C23H38O3. The summed E-state index contributed by atoms with van der Waals surface area (Å²) in [5.41, 5.74) is 0.818. The number of benzene rings is 1. The van der Waals surface area contributed by atoms with Gasteiger partial charge in [-0.15, -0.1) is 0 Å². The maximum Gasteiger partial charge on any atom is 0.339 e. The van der Waals surface area contributed by atoms with E-state index in [-0.39, 0.29) is 11.3 Å². The van der Waals surface area contributed by atoms with Gasteiger partial charge in [-0.1, -0.05) is 103 Å². The Morgan fingerprint density at radius 1 is 0.769 bits per heavy atom. The monoisotopic (exact) mass is 362 g/mol. The average molecular weight is 363 g/mol. The second-order valence-electron chi connectivity index (χ2n) is 7.46. The second-order valence-corrected chi connectivity index (χ2v) is 7.46. The lowest BCUT2D eigenvalue weighted by atomic mass is 9.99. The van der Waals surface area contributed by atoms with E-state index < -0.39 is 5.97 Å². The molecule has 0 saturated heterocycles. The van der Waals surface area contributed by atoms with Crippen LogP contribution in [0.4, 0.5) is 0 Å². The summed E-state index contributed by atoms with van der Waals surface area (Å²) in [7, 11) is 0. The lowest BCUT2D eigenvalue weighted by Gasteiger charge is -2.08. The molecular weight excluding hydrogens is 324 g/mol. The first kappa shape index (κ1) is 22.5. The Bertz CT molecular complexity index is 496. The van der Waals surface area contributed by atoms with Crippen LogP contribution in [0.2, 0.25) is 0 Å². The molecule has 0 fully saturated rings. The fourth-order valence-corrected chi connectivity index (χ4v) is 3.55. The van der Waals surface area contributed by atoms with Gasteiger partial charge in [0.15, 0.2) is 0 Å². The van der Waals surface area contributed by atoms with Gasteiger partial charge in [0.05, 0.1) is 0 Å². The van der Waals surface area contributed by atoms with Crippen LogP contribution in [-0.4, -0.2) is 16.2 Å². The van der Waals surface area contributed by atoms with Crippen LogP contribution in [0.15, 0.2) is 18.2 Å². The predicted molar refractivity (Wildman–Crippen MR) is 109 cm³/mol. The SMILES string of the molecule is CCCCCCCCCCCCCCCCc1cccc(O)c1C(=O)O. The van der Waals surface area contributed by atoms with Gasteiger partial charge in [0.25, 0.3) is 0 Å². The highest BCUT2D eigenvalue weighted by atomic mass is 16.4. The number of hydrogen-bond acceptors (Lipinski definition) is 2. The first-order valence-corrected chi connectivity index (χ1v) is 10.7. The smallest absolute Gasteiger partial charge is 0.339 e. The molecule has 148 valence electrons. The molecule has 2 N–H and O–H groups in total. The molecule has 0 amide bonds. The maximum atomic E-state index is 11.2. The van der Waals surface area contributed by atoms with Gasteiger partial charge in [-0.05, 0) is 24.5 Å². The van der Waals surface area contributed by atoms with Gasteiger partial charge in [-0.3, -0.25) is 0 Å². The van der Waals surface area contributed by atoms with Crippen molar-refractivity contribution in [3.63, 3.8) is 0 Å². The third kappa shape index (κ3) is 9.84. The molecule has 3 nitrogen and oxygen atoms in total. The Morgan fingerprint density at radius 3 is 1.69 bits per heavy atom. The molecule has 26 heavy (non-hydrogen) atoms. The number of carboxylic acids is 1. The number of aromatic hydroxyl groups is 1. The largest absolute Gasteiger partial charge is 0.507 e. The third-order valence-corrected chi connectivity index (χ3v) is 5.14. The summed E-state index contributed by atoms with van der Waals surface area (Å²) in [6.45, 7) is 2.26. The quantitative estimate of drug-likeness (QED) is 0.308. The summed E-state index contributed by atoms with van der Waals surface area (Å²) in [6, 6.07) is 4.98. The fraction of sp³-hybridized carbons (Fsp3) is 0.696. The number of phenols is 1. The molecule has 1 aromatic rings. The van der Waals surface area contributed by atoms with Crippen LogP contribution in [0.3, 0.4) is 0 Å². The van der Waals surface area contributed by atoms with E-state index in [1.54, 1.807) is 6.07 Å². The van der Waals surface area contributed by atoms with Crippen molar-refractivity contribution in [1.29, 1.82) is 0 Å². The van der Waals surface area contributed by atoms with Crippen LogP contribution in [0.1, 0.15) is 113 Å². The summed E-state index contributed by atoms with van der Waals surface area (Å²) in [6.07, 6.45) is 19.1.